The topological polar surface area (TPSA) is 43.4 Å². The van der Waals surface area contributed by atoms with Crippen molar-refractivity contribution >= 4 is 25.5 Å². The highest BCUT2D eigenvalue weighted by molar-refractivity contribution is 7.05. The van der Waals surface area contributed by atoms with Gasteiger partial charge in [-0.2, -0.15) is 0 Å². The van der Waals surface area contributed by atoms with E-state index in [1.807, 2.05) is 37.8 Å². The van der Waals surface area contributed by atoms with Crippen LogP contribution >= 0.6 is 0 Å². The number of esters is 1. The molecule has 96 valence electrons. The monoisotopic (exact) mass is 262 g/mol. The molecule has 0 bridgehead atoms. The molecule has 0 radical (unpaired) electrons. The molecule has 0 saturated carbocycles. The molecular formula is C14H18O3Si. The number of methoxy groups -OCH3 is 1. The van der Waals surface area contributed by atoms with Crippen LogP contribution in [0.1, 0.15) is 15.9 Å². The molecule has 0 aromatic heterocycles. The van der Waals surface area contributed by atoms with E-state index >= 15 is 0 Å². The van der Waals surface area contributed by atoms with Crippen molar-refractivity contribution in [3.05, 3.63) is 41.5 Å². The molecule has 0 N–H and O–H groups in total. The molecule has 4 heteroatoms. The Balaban J connectivity index is 3.12. The Morgan fingerprint density at radius 2 is 1.78 bits per heavy atom. The number of carbonyl (C=O) groups is 2. The number of carbonyl (C=O) groups excluding carboxylic acids is 2. The van der Waals surface area contributed by atoms with Gasteiger partial charge in [0.05, 0.1) is 7.11 Å². The van der Waals surface area contributed by atoms with Crippen molar-refractivity contribution in [1.82, 2.24) is 0 Å². The molecule has 0 unspecified atom stereocenters. The lowest BCUT2D eigenvalue weighted by Gasteiger charge is -2.15. The van der Waals surface area contributed by atoms with Gasteiger partial charge in [0, 0.05) is 11.6 Å². The molecule has 0 spiro atoms. The average Bonchev–Trinajstić information content (AvgIpc) is 2.34. The van der Waals surface area contributed by atoms with Gasteiger partial charge < -0.3 is 9.53 Å². The summed E-state index contributed by atoms with van der Waals surface area (Å²) in [5, 5.41) is 0.188. The van der Waals surface area contributed by atoms with E-state index in [0.717, 1.165) is 5.56 Å². The predicted molar refractivity (Wildman–Crippen MR) is 75.2 cm³/mol. The summed E-state index contributed by atoms with van der Waals surface area (Å²) in [7, 11) is -0.561. The lowest BCUT2D eigenvalue weighted by Crippen LogP contribution is -2.33. The van der Waals surface area contributed by atoms with Crippen LogP contribution in [0.4, 0.5) is 0 Å². The highest BCUT2D eigenvalue weighted by atomic mass is 28.3. The summed E-state index contributed by atoms with van der Waals surface area (Å²) in [5.74, 6) is -0.426. The summed E-state index contributed by atoms with van der Waals surface area (Å²) in [6.45, 7) is 6.03. The Morgan fingerprint density at radius 1 is 1.17 bits per heavy atom. The van der Waals surface area contributed by atoms with E-state index in [0.29, 0.717) is 5.56 Å². The molecule has 18 heavy (non-hydrogen) atoms. The molecular weight excluding hydrogens is 244 g/mol. The molecule has 0 aliphatic rings. The van der Waals surface area contributed by atoms with E-state index < -0.39 is 14.0 Å². The van der Waals surface area contributed by atoms with Gasteiger partial charge in [0.1, 0.15) is 13.5 Å². The summed E-state index contributed by atoms with van der Waals surface area (Å²) in [6, 6.07) is 7.31. The molecule has 0 heterocycles. The highest BCUT2D eigenvalue weighted by Gasteiger charge is 2.26. The van der Waals surface area contributed by atoms with Gasteiger partial charge in [-0.3, -0.25) is 0 Å². The van der Waals surface area contributed by atoms with Crippen molar-refractivity contribution in [3.8, 4) is 0 Å². The maximum Gasteiger partial charge on any atom is 0.330 e. The first-order valence-electron chi connectivity index (χ1n) is 5.76. The van der Waals surface area contributed by atoms with Crippen LogP contribution in [-0.2, 0) is 9.53 Å². The summed E-state index contributed by atoms with van der Waals surface area (Å²) in [4.78, 5) is 23.4. The molecule has 3 nitrogen and oxygen atoms in total. The van der Waals surface area contributed by atoms with Gasteiger partial charge in [0.25, 0.3) is 0 Å². The van der Waals surface area contributed by atoms with Crippen molar-refractivity contribution in [1.29, 1.82) is 0 Å². The van der Waals surface area contributed by atoms with E-state index in [4.69, 9.17) is 0 Å². The third kappa shape index (κ3) is 3.67. The first-order valence-corrected chi connectivity index (χ1v) is 9.26. The Labute approximate surface area is 108 Å². The van der Waals surface area contributed by atoms with Crippen LogP contribution in [0.2, 0.25) is 19.6 Å². The van der Waals surface area contributed by atoms with Gasteiger partial charge in [-0.25, -0.2) is 4.79 Å². The van der Waals surface area contributed by atoms with Gasteiger partial charge in [0.15, 0.2) is 0 Å². The molecule has 0 aliphatic carbocycles. The third-order valence-electron chi connectivity index (χ3n) is 2.49. The van der Waals surface area contributed by atoms with E-state index in [1.54, 1.807) is 12.1 Å². The van der Waals surface area contributed by atoms with Crippen LogP contribution < -0.4 is 0 Å². The second kappa shape index (κ2) is 5.77. The molecule has 1 rings (SSSR count). The van der Waals surface area contributed by atoms with E-state index in [2.05, 4.69) is 4.74 Å². The molecule has 1 aromatic carbocycles. The van der Waals surface area contributed by atoms with Crippen molar-refractivity contribution in [3.63, 3.8) is 0 Å². The first kappa shape index (κ1) is 14.4. The van der Waals surface area contributed by atoms with Crippen LogP contribution in [-0.4, -0.2) is 26.6 Å². The predicted octanol–water partition coefficient (Wildman–Crippen LogP) is 2.93. The molecule has 0 fully saturated rings. The van der Waals surface area contributed by atoms with Gasteiger partial charge in [-0.15, -0.1) is 0 Å². The SMILES string of the molecule is COC(=O)/C=C/c1ccccc1C(=O)[Si](C)(C)C. The maximum absolute atomic E-state index is 12.3. The largest absolute Gasteiger partial charge is 0.466 e. The summed E-state index contributed by atoms with van der Waals surface area (Å²) in [6.07, 6.45) is 2.95. The lowest BCUT2D eigenvalue weighted by molar-refractivity contribution is -0.134. The minimum Gasteiger partial charge on any atom is -0.466 e. The Morgan fingerprint density at radius 3 is 2.33 bits per heavy atom. The van der Waals surface area contributed by atoms with Crippen LogP contribution in [0.25, 0.3) is 6.08 Å². The summed E-state index contributed by atoms with van der Waals surface area (Å²) in [5.41, 5.74) is 1.44. The summed E-state index contributed by atoms with van der Waals surface area (Å²) < 4.78 is 4.54. The maximum atomic E-state index is 12.3. The number of hydrogen-bond acceptors (Lipinski definition) is 3. The zero-order valence-corrected chi connectivity index (χ0v) is 12.2. The molecule has 0 aliphatic heterocycles. The Hall–Kier alpha value is -1.68. The lowest BCUT2D eigenvalue weighted by atomic mass is 10.1. The number of rotatable bonds is 4. The zero-order chi connectivity index (χ0) is 13.8. The van der Waals surface area contributed by atoms with E-state index in [-0.39, 0.29) is 5.41 Å². The van der Waals surface area contributed by atoms with Gasteiger partial charge in [-0.05, 0) is 11.6 Å². The molecule has 1 aromatic rings. The fraction of sp³-hybridized carbons (Fsp3) is 0.286. The van der Waals surface area contributed by atoms with Gasteiger partial charge in [-0.1, -0.05) is 43.9 Å². The van der Waals surface area contributed by atoms with Crippen LogP contribution in [0.5, 0.6) is 0 Å². The highest BCUT2D eigenvalue weighted by Crippen LogP contribution is 2.17. The second-order valence-electron chi connectivity index (χ2n) is 5.02. The Kier molecular flexibility index (Phi) is 4.61. The minimum absolute atomic E-state index is 0.188. The first-order chi connectivity index (χ1) is 8.36. The minimum atomic E-state index is -1.89. The van der Waals surface area contributed by atoms with Gasteiger partial charge >= 0.3 is 5.97 Å². The standard InChI is InChI=1S/C14H18O3Si/c1-17-13(15)10-9-11-7-5-6-8-12(11)14(16)18(2,3)4/h5-10H,1-4H3/b10-9+. The van der Waals surface area contributed by atoms with Crippen LogP contribution in [0.15, 0.2) is 30.3 Å². The van der Waals surface area contributed by atoms with Crippen LogP contribution in [0.3, 0.4) is 0 Å². The van der Waals surface area contributed by atoms with Crippen molar-refractivity contribution in [2.24, 2.45) is 0 Å². The van der Waals surface area contributed by atoms with Gasteiger partial charge in [0.2, 0.25) is 0 Å². The average molecular weight is 262 g/mol. The smallest absolute Gasteiger partial charge is 0.330 e. The van der Waals surface area contributed by atoms with Crippen molar-refractivity contribution in [2.45, 2.75) is 19.6 Å². The fourth-order valence-corrected chi connectivity index (χ4v) is 2.51. The number of ether oxygens (including phenoxy) is 1. The normalized spacial score (nSPS) is 11.6. The fourth-order valence-electron chi connectivity index (χ4n) is 1.48. The van der Waals surface area contributed by atoms with E-state index in [1.165, 1.54) is 13.2 Å². The summed E-state index contributed by atoms with van der Waals surface area (Å²) >= 11 is 0. The van der Waals surface area contributed by atoms with E-state index in [9.17, 15) is 9.59 Å². The third-order valence-corrected chi connectivity index (χ3v) is 4.12. The molecule has 0 saturated heterocycles. The molecule has 0 atom stereocenters. The van der Waals surface area contributed by atoms with Crippen LogP contribution in [0, 0.1) is 0 Å². The molecule has 0 amide bonds. The quantitative estimate of drug-likeness (QED) is 0.476. The second-order valence-corrected chi connectivity index (χ2v) is 9.98. The van der Waals surface area contributed by atoms with Crippen molar-refractivity contribution in [2.75, 3.05) is 7.11 Å². The Bertz CT molecular complexity index is 484. The zero-order valence-electron chi connectivity index (χ0n) is 11.2. The number of benzene rings is 1. The number of hydrogen-bond donors (Lipinski definition) is 0. The van der Waals surface area contributed by atoms with Crippen molar-refractivity contribution < 1.29 is 14.3 Å².